The second-order valence-corrected chi connectivity index (χ2v) is 29.5. The number of anilines is 4. The Labute approximate surface area is 518 Å². The number of thiophene rings is 1. The topological polar surface area (TPSA) is 33.5 Å². The molecule has 0 unspecified atom stereocenters. The maximum Gasteiger partial charge on any atom is 0.135 e. The Morgan fingerprint density at radius 2 is 1.00 bits per heavy atom. The van der Waals surface area contributed by atoms with Gasteiger partial charge >= 0.3 is 0 Å². The van der Waals surface area contributed by atoms with Crippen molar-refractivity contribution in [2.75, 3.05) is 9.80 Å². The Morgan fingerprint density at radius 3 is 1.57 bits per heavy atom. The molecule has 0 fully saturated rings. The molecule has 5 nitrogen and oxygen atoms in total. The first-order chi connectivity index (χ1) is 39.0. The van der Waals surface area contributed by atoms with Crippen LogP contribution in [0.15, 0.2) is 146 Å². The van der Waals surface area contributed by atoms with Crippen molar-refractivity contribution in [1.29, 1.82) is 0 Å². The summed E-state index contributed by atoms with van der Waals surface area (Å²) in [6, 6.07) is 59.2. The molecule has 1 aliphatic heterocycles. The van der Waals surface area contributed by atoms with Crippen LogP contribution in [0.3, 0.4) is 0 Å². The minimum atomic E-state index is -0.0784. The number of para-hydroxylation sites is 2. The van der Waals surface area contributed by atoms with Gasteiger partial charge in [0, 0.05) is 92.6 Å². The summed E-state index contributed by atoms with van der Waals surface area (Å²) in [4.78, 5) is 9.79. The van der Waals surface area contributed by atoms with Gasteiger partial charge in [0.25, 0.3) is 0 Å². The van der Waals surface area contributed by atoms with Crippen LogP contribution < -0.4 is 14.5 Å². The number of hydrogen-bond acceptors (Lipinski definition) is 5. The van der Waals surface area contributed by atoms with E-state index in [0.717, 1.165) is 39.3 Å². The van der Waals surface area contributed by atoms with Crippen LogP contribution >= 0.6 is 11.3 Å². The van der Waals surface area contributed by atoms with Crippen molar-refractivity contribution in [1.82, 2.24) is 9.55 Å². The van der Waals surface area contributed by atoms with Crippen molar-refractivity contribution in [3.05, 3.63) is 209 Å². The molecule has 12 rings (SSSR count). The fourth-order valence-corrected chi connectivity index (χ4v) is 13.3. The van der Waals surface area contributed by atoms with E-state index in [2.05, 4.69) is 291 Å². The molecule has 11 aromatic rings. The van der Waals surface area contributed by atoms with Gasteiger partial charge in [0.2, 0.25) is 0 Å². The van der Waals surface area contributed by atoms with Crippen LogP contribution in [-0.4, -0.2) is 9.55 Å². The Kier molecular flexibility index (Phi) is 14.6. The first-order valence-electron chi connectivity index (χ1n) is 29.5. The minimum absolute atomic E-state index is 0. The summed E-state index contributed by atoms with van der Waals surface area (Å²) in [5.74, 6) is 2.04. The molecule has 8 aromatic carbocycles. The van der Waals surface area contributed by atoms with Crippen molar-refractivity contribution >= 4 is 76.1 Å². The molecule has 0 spiro atoms. The zero-order valence-electron chi connectivity index (χ0n) is 52.4. The molecule has 0 bridgehead atoms. The van der Waals surface area contributed by atoms with E-state index in [-0.39, 0.29) is 48.1 Å². The predicted molar refractivity (Wildman–Crippen MR) is 356 cm³/mol. The molecule has 3 aromatic heterocycles. The molecular weight excluding hydrogens is 1220 g/mol. The van der Waals surface area contributed by atoms with E-state index in [1.165, 1.54) is 98.0 Å². The van der Waals surface area contributed by atoms with Crippen LogP contribution in [0.1, 0.15) is 148 Å². The molecule has 0 N–H and O–H groups in total. The van der Waals surface area contributed by atoms with E-state index in [1.54, 1.807) is 0 Å². The third-order valence-corrected chi connectivity index (χ3v) is 18.6. The average Bonchev–Trinajstić information content (AvgIpc) is 1.51. The van der Waals surface area contributed by atoms with Crippen molar-refractivity contribution in [2.24, 2.45) is 0 Å². The number of rotatable bonds is 7. The summed E-state index contributed by atoms with van der Waals surface area (Å²) in [5, 5.41) is 4.83. The van der Waals surface area contributed by atoms with Gasteiger partial charge in [0.1, 0.15) is 5.82 Å². The number of aromatic nitrogens is 2. The second kappa shape index (κ2) is 20.9. The van der Waals surface area contributed by atoms with Crippen LogP contribution in [0.4, 0.5) is 22.7 Å². The summed E-state index contributed by atoms with van der Waals surface area (Å²) in [5.41, 5.74) is 21.1. The normalized spacial score (nSPS) is 13.4. The largest absolute Gasteiger partial charge is 0.509 e. The van der Waals surface area contributed by atoms with Crippen molar-refractivity contribution in [3.8, 4) is 39.6 Å². The van der Waals surface area contributed by atoms with Gasteiger partial charge in [-0.15, -0.1) is 59.4 Å². The Bertz CT molecular complexity index is 4240. The molecule has 0 amide bonds. The third-order valence-electron chi connectivity index (χ3n) is 17.4. The molecule has 0 radical (unpaired) electrons. The third kappa shape index (κ3) is 10.4. The number of nitrogens with zero attached hydrogens (tertiary/aromatic N) is 4. The fraction of sp³-hybridized carbons (Fsp3) is 0.299. The predicted octanol–water partition coefficient (Wildman–Crippen LogP) is 22.1. The SMILES string of the molecule is Cc1c(C)c(-c2cc(C(C)(C)C)cc(C(C)(C)C)c2)c(N2[CH-]N(c3[c-]c(Oc4[c-]c5c(cc4)c4c6sc7ccccc7c6ccc4n5-c4cc(C(C)(C)C)ccn4)ccc3)c3ccccc32)c(-c2cc(C(C)(C)C)cc(C(C)(C)C)c2)c1C.[Pt]. The summed E-state index contributed by atoms with van der Waals surface area (Å²) in [6.07, 6.45) is 1.93. The molecule has 0 aliphatic carbocycles. The molecule has 84 heavy (non-hydrogen) atoms. The van der Waals surface area contributed by atoms with E-state index in [1.807, 2.05) is 23.6 Å². The molecule has 4 heterocycles. The van der Waals surface area contributed by atoms with Gasteiger partial charge < -0.3 is 19.1 Å². The van der Waals surface area contributed by atoms with Crippen LogP contribution in [0.25, 0.3) is 70.0 Å². The van der Waals surface area contributed by atoms with Crippen LogP contribution in [0, 0.1) is 39.6 Å². The molecule has 7 heteroatoms. The quantitative estimate of drug-likeness (QED) is 0.149. The van der Waals surface area contributed by atoms with Gasteiger partial charge in [-0.1, -0.05) is 182 Å². The van der Waals surface area contributed by atoms with Gasteiger partial charge in [-0.2, -0.15) is 12.1 Å². The number of hydrogen-bond donors (Lipinski definition) is 0. The van der Waals surface area contributed by atoms with Crippen LogP contribution in [0.5, 0.6) is 11.5 Å². The zero-order chi connectivity index (χ0) is 59.0. The summed E-state index contributed by atoms with van der Waals surface area (Å²) in [6.45, 7) is 44.1. The maximum atomic E-state index is 6.94. The van der Waals surface area contributed by atoms with Crippen molar-refractivity contribution in [2.45, 2.75) is 152 Å². The van der Waals surface area contributed by atoms with Gasteiger partial charge in [0.15, 0.2) is 0 Å². The number of fused-ring (bicyclic) bond motifs is 8. The summed E-state index contributed by atoms with van der Waals surface area (Å²) < 4.78 is 11.7. The van der Waals surface area contributed by atoms with Crippen molar-refractivity contribution < 1.29 is 25.8 Å². The Hall–Kier alpha value is -6.98. The molecule has 0 saturated carbocycles. The number of benzene rings is 8. The molecule has 432 valence electrons. The minimum Gasteiger partial charge on any atom is -0.509 e. The number of ether oxygens (including phenoxy) is 1. The summed E-state index contributed by atoms with van der Waals surface area (Å²) in [7, 11) is 0. The monoisotopic (exact) mass is 1300 g/mol. The van der Waals surface area contributed by atoms with Crippen molar-refractivity contribution in [3.63, 3.8) is 0 Å². The Morgan fingerprint density at radius 1 is 0.476 bits per heavy atom. The molecule has 0 atom stereocenters. The smallest absolute Gasteiger partial charge is 0.135 e. The van der Waals surface area contributed by atoms with E-state index in [0.29, 0.717) is 11.5 Å². The van der Waals surface area contributed by atoms with Crippen LogP contribution in [-0.2, 0) is 48.1 Å². The first kappa shape index (κ1) is 58.8. The Balaban J connectivity index is 0.00000736. The number of pyridine rings is 1. The van der Waals surface area contributed by atoms with Gasteiger partial charge in [-0.3, -0.25) is 0 Å². The fourth-order valence-electron chi connectivity index (χ4n) is 12.1. The van der Waals surface area contributed by atoms with E-state index in [4.69, 9.17) is 9.72 Å². The standard InChI is InChI=1S/C77H79N4OS.Pt/c1-46-47(2)68(49-36-52(74(7,8)9)40-53(37-49)75(10,11)12)71(69(48(46)3)50-38-54(76(13,14)15)41-55(39-50)77(16,17)18)80-45-79(62-27-20-21-28-63(62)80)56-24-23-25-57(43-56)82-58-30-31-61-65(44-58)81(67-42-51(34-35-78-67)73(4,5)6)64-33-32-60-59-26-19-22-29-66(59)83-72(60)70(61)64;/h19-42,45H,1-18H3;/q-3;. The molecule has 1 aliphatic rings. The zero-order valence-corrected chi connectivity index (χ0v) is 55.4. The molecular formula is C77H79N4OPtS-3. The molecule has 0 saturated heterocycles. The average molecular weight is 1300 g/mol. The van der Waals surface area contributed by atoms with E-state index < -0.39 is 0 Å². The van der Waals surface area contributed by atoms with Crippen LogP contribution in [0.2, 0.25) is 0 Å². The maximum absolute atomic E-state index is 6.94. The van der Waals surface area contributed by atoms with Gasteiger partial charge in [-0.05, 0) is 145 Å². The van der Waals surface area contributed by atoms with E-state index in [9.17, 15) is 0 Å². The van der Waals surface area contributed by atoms with Gasteiger partial charge in [0.05, 0.1) is 0 Å². The first-order valence-corrected chi connectivity index (χ1v) is 30.3. The second-order valence-electron chi connectivity index (χ2n) is 28.4. The summed E-state index contributed by atoms with van der Waals surface area (Å²) >= 11 is 1.85. The van der Waals surface area contributed by atoms with E-state index >= 15 is 0 Å². The van der Waals surface area contributed by atoms with Gasteiger partial charge in [-0.25, -0.2) is 4.98 Å².